The number of likely N-dealkylation sites (tertiary alicyclic amines) is 1. The van der Waals surface area contributed by atoms with Crippen molar-refractivity contribution in [2.45, 2.75) is 32.2 Å². The summed E-state index contributed by atoms with van der Waals surface area (Å²) in [6.45, 7) is 9.38. The first kappa shape index (κ1) is 18.3. The second kappa shape index (κ2) is 9.33. The summed E-state index contributed by atoms with van der Waals surface area (Å²) in [5, 5.41) is 3.10. The third-order valence-electron chi connectivity index (χ3n) is 4.34. The minimum atomic E-state index is 0.251. The van der Waals surface area contributed by atoms with Gasteiger partial charge in [-0.05, 0) is 50.6 Å². The SMILES string of the molecule is C=C(C)CNC(N)=NCC(c1ccc(OC)cc1)N1CCCCC1. The second-order valence-corrected chi connectivity index (χ2v) is 6.42. The van der Waals surface area contributed by atoms with E-state index in [0.717, 1.165) is 24.4 Å². The molecule has 1 heterocycles. The van der Waals surface area contributed by atoms with Gasteiger partial charge in [0.25, 0.3) is 0 Å². The number of nitrogens with zero attached hydrogens (tertiary/aromatic N) is 2. The molecule has 24 heavy (non-hydrogen) atoms. The number of aliphatic imine (C=N–C) groups is 1. The van der Waals surface area contributed by atoms with Crippen molar-refractivity contribution in [3.05, 3.63) is 42.0 Å². The lowest BCUT2D eigenvalue weighted by Gasteiger charge is -2.34. The van der Waals surface area contributed by atoms with E-state index in [2.05, 4.69) is 33.9 Å². The van der Waals surface area contributed by atoms with Gasteiger partial charge in [0, 0.05) is 6.54 Å². The van der Waals surface area contributed by atoms with E-state index < -0.39 is 0 Å². The van der Waals surface area contributed by atoms with Gasteiger partial charge in [-0.1, -0.05) is 30.7 Å². The normalized spacial score (nSPS) is 17.3. The third kappa shape index (κ3) is 5.57. The van der Waals surface area contributed by atoms with Crippen LogP contribution in [0.5, 0.6) is 5.75 Å². The van der Waals surface area contributed by atoms with E-state index in [1.165, 1.54) is 24.8 Å². The van der Waals surface area contributed by atoms with Crippen LogP contribution in [0.4, 0.5) is 0 Å². The maximum absolute atomic E-state index is 5.98. The van der Waals surface area contributed by atoms with Gasteiger partial charge in [0.05, 0.1) is 19.7 Å². The average Bonchev–Trinajstić information content (AvgIpc) is 2.61. The van der Waals surface area contributed by atoms with Crippen LogP contribution in [-0.4, -0.2) is 44.1 Å². The minimum absolute atomic E-state index is 0.251. The van der Waals surface area contributed by atoms with E-state index in [4.69, 9.17) is 10.5 Å². The predicted molar refractivity (Wildman–Crippen MR) is 100 cm³/mol. The maximum Gasteiger partial charge on any atom is 0.188 e. The van der Waals surface area contributed by atoms with Gasteiger partial charge in [-0.3, -0.25) is 9.89 Å². The van der Waals surface area contributed by atoms with Crippen molar-refractivity contribution in [3.8, 4) is 5.75 Å². The van der Waals surface area contributed by atoms with Crippen molar-refractivity contribution in [1.82, 2.24) is 10.2 Å². The smallest absolute Gasteiger partial charge is 0.188 e. The van der Waals surface area contributed by atoms with E-state index in [1.807, 2.05) is 19.1 Å². The first-order valence-corrected chi connectivity index (χ1v) is 8.66. The first-order chi connectivity index (χ1) is 11.6. The molecule has 1 aromatic rings. The number of benzene rings is 1. The molecule has 0 amide bonds. The molecule has 1 aliphatic heterocycles. The topological polar surface area (TPSA) is 62.9 Å². The van der Waals surface area contributed by atoms with Crippen molar-refractivity contribution in [1.29, 1.82) is 0 Å². The van der Waals surface area contributed by atoms with Crippen molar-refractivity contribution in [3.63, 3.8) is 0 Å². The number of methoxy groups -OCH3 is 1. The van der Waals surface area contributed by atoms with Crippen LogP contribution in [0.3, 0.4) is 0 Å². The molecule has 1 aromatic carbocycles. The molecule has 0 bridgehead atoms. The number of nitrogens with one attached hydrogen (secondary N) is 1. The quantitative estimate of drug-likeness (QED) is 0.458. The van der Waals surface area contributed by atoms with Gasteiger partial charge in [-0.15, -0.1) is 0 Å². The molecule has 1 fully saturated rings. The van der Waals surface area contributed by atoms with Gasteiger partial charge in [0.15, 0.2) is 5.96 Å². The van der Waals surface area contributed by atoms with Crippen LogP contribution >= 0.6 is 0 Å². The molecule has 3 N–H and O–H groups in total. The summed E-state index contributed by atoms with van der Waals surface area (Å²) in [6.07, 6.45) is 3.82. The van der Waals surface area contributed by atoms with Gasteiger partial charge in [0.2, 0.25) is 0 Å². The standard InChI is InChI=1S/C19H30N4O/c1-15(2)13-21-19(20)22-14-18(23-11-5-4-6-12-23)16-7-9-17(24-3)10-8-16/h7-10,18H,1,4-6,11-14H2,2-3H3,(H3,20,21,22). The highest BCUT2D eigenvalue weighted by atomic mass is 16.5. The molecule has 0 spiro atoms. The molecule has 1 saturated heterocycles. The Bertz CT molecular complexity index is 547. The van der Waals surface area contributed by atoms with Gasteiger partial charge in [-0.25, -0.2) is 0 Å². The van der Waals surface area contributed by atoms with E-state index >= 15 is 0 Å². The lowest BCUT2D eigenvalue weighted by molar-refractivity contribution is 0.168. The zero-order valence-electron chi connectivity index (χ0n) is 14.9. The average molecular weight is 330 g/mol. The van der Waals surface area contributed by atoms with Crippen LogP contribution in [-0.2, 0) is 0 Å². The highest BCUT2D eigenvalue weighted by molar-refractivity contribution is 5.78. The molecule has 1 atom stereocenters. The van der Waals surface area contributed by atoms with Crippen LogP contribution < -0.4 is 15.8 Å². The Kier molecular flexibility index (Phi) is 7.12. The molecular formula is C19H30N4O. The number of guanidine groups is 1. The number of hydrogen-bond donors (Lipinski definition) is 2. The molecule has 1 aliphatic rings. The molecule has 0 aliphatic carbocycles. The van der Waals surface area contributed by atoms with E-state index in [-0.39, 0.29) is 6.04 Å². The summed E-state index contributed by atoms with van der Waals surface area (Å²) < 4.78 is 5.27. The van der Waals surface area contributed by atoms with Crippen molar-refractivity contribution >= 4 is 5.96 Å². The molecule has 0 saturated carbocycles. The predicted octanol–water partition coefficient (Wildman–Crippen LogP) is 2.70. The Morgan fingerprint density at radius 2 is 1.96 bits per heavy atom. The Morgan fingerprint density at radius 3 is 2.54 bits per heavy atom. The summed E-state index contributed by atoms with van der Waals surface area (Å²) >= 11 is 0. The molecule has 0 aromatic heterocycles. The van der Waals surface area contributed by atoms with Crippen molar-refractivity contribution in [2.24, 2.45) is 10.7 Å². The second-order valence-electron chi connectivity index (χ2n) is 6.42. The van der Waals surface area contributed by atoms with Crippen LogP contribution in [0.25, 0.3) is 0 Å². The molecule has 0 radical (unpaired) electrons. The summed E-state index contributed by atoms with van der Waals surface area (Å²) in [7, 11) is 1.69. The third-order valence-corrected chi connectivity index (χ3v) is 4.34. The molecule has 1 unspecified atom stereocenters. The number of rotatable bonds is 7. The number of ether oxygens (including phenoxy) is 1. The monoisotopic (exact) mass is 330 g/mol. The van der Waals surface area contributed by atoms with Gasteiger partial charge < -0.3 is 15.8 Å². The summed E-state index contributed by atoms with van der Waals surface area (Å²) in [6, 6.07) is 8.54. The van der Waals surface area contributed by atoms with Crippen molar-refractivity contribution < 1.29 is 4.74 Å². The van der Waals surface area contributed by atoms with Gasteiger partial charge >= 0.3 is 0 Å². The summed E-state index contributed by atoms with van der Waals surface area (Å²) in [5.41, 5.74) is 8.28. The Hall–Kier alpha value is -2.01. The minimum Gasteiger partial charge on any atom is -0.497 e. The van der Waals surface area contributed by atoms with E-state index in [1.54, 1.807) is 7.11 Å². The van der Waals surface area contributed by atoms with Crippen LogP contribution in [0.1, 0.15) is 37.8 Å². The molecule has 5 nitrogen and oxygen atoms in total. The molecule has 2 rings (SSSR count). The Balaban J connectivity index is 2.09. The Morgan fingerprint density at radius 1 is 1.29 bits per heavy atom. The molecule has 132 valence electrons. The van der Waals surface area contributed by atoms with Crippen LogP contribution in [0.15, 0.2) is 41.4 Å². The van der Waals surface area contributed by atoms with Crippen molar-refractivity contribution in [2.75, 3.05) is 33.3 Å². The zero-order valence-corrected chi connectivity index (χ0v) is 14.9. The fraction of sp³-hybridized carbons (Fsp3) is 0.526. The highest BCUT2D eigenvalue weighted by Crippen LogP contribution is 2.26. The fourth-order valence-electron chi connectivity index (χ4n) is 2.97. The molecule has 5 heteroatoms. The molecular weight excluding hydrogens is 300 g/mol. The van der Waals surface area contributed by atoms with E-state index in [0.29, 0.717) is 19.0 Å². The summed E-state index contributed by atoms with van der Waals surface area (Å²) in [5.74, 6) is 1.36. The fourth-order valence-corrected chi connectivity index (χ4v) is 2.97. The van der Waals surface area contributed by atoms with Crippen LogP contribution in [0, 0.1) is 0 Å². The van der Waals surface area contributed by atoms with E-state index in [9.17, 15) is 0 Å². The highest BCUT2D eigenvalue weighted by Gasteiger charge is 2.22. The zero-order chi connectivity index (χ0) is 17.4. The van der Waals surface area contributed by atoms with Gasteiger partial charge in [-0.2, -0.15) is 0 Å². The number of hydrogen-bond acceptors (Lipinski definition) is 3. The number of piperidine rings is 1. The van der Waals surface area contributed by atoms with Gasteiger partial charge in [0.1, 0.15) is 5.75 Å². The summed E-state index contributed by atoms with van der Waals surface area (Å²) in [4.78, 5) is 7.07. The Labute approximate surface area is 145 Å². The maximum atomic E-state index is 5.98. The van der Waals surface area contributed by atoms with Crippen LogP contribution in [0.2, 0.25) is 0 Å². The lowest BCUT2D eigenvalue weighted by atomic mass is 10.0. The largest absolute Gasteiger partial charge is 0.497 e. The number of nitrogens with two attached hydrogens (primary N) is 1. The lowest BCUT2D eigenvalue weighted by Crippen LogP contribution is -2.37. The first-order valence-electron chi connectivity index (χ1n) is 8.66.